The molecule has 1 amide bonds. The van der Waals surface area contributed by atoms with Crippen LogP contribution in [0.25, 0.3) is 0 Å². The van der Waals surface area contributed by atoms with Gasteiger partial charge in [-0.1, -0.05) is 19.9 Å². The monoisotopic (exact) mass is 466 g/mol. The van der Waals surface area contributed by atoms with Gasteiger partial charge >= 0.3 is 0 Å². The van der Waals surface area contributed by atoms with Gasteiger partial charge in [0, 0.05) is 39.6 Å². The SMILES string of the molecule is CCc1cnc(N2CCC(C3C[C@H]3CCOc3ccc(CC)c(C)c3)CC2)nc1.CN(C)C=O. The van der Waals surface area contributed by atoms with Crippen LogP contribution < -0.4 is 9.64 Å². The van der Waals surface area contributed by atoms with Crippen LogP contribution in [-0.4, -0.2) is 55.1 Å². The molecule has 2 aliphatic rings. The smallest absolute Gasteiger partial charge is 0.225 e. The van der Waals surface area contributed by atoms with Crippen molar-refractivity contribution in [1.29, 1.82) is 0 Å². The van der Waals surface area contributed by atoms with Crippen LogP contribution in [0.15, 0.2) is 30.6 Å². The lowest BCUT2D eigenvalue weighted by atomic mass is 9.90. The summed E-state index contributed by atoms with van der Waals surface area (Å²) in [6.07, 6.45) is 11.9. The number of hydrogen-bond donors (Lipinski definition) is 0. The first-order valence-electron chi connectivity index (χ1n) is 12.8. The lowest BCUT2D eigenvalue weighted by Crippen LogP contribution is -2.35. The highest BCUT2D eigenvalue weighted by molar-refractivity contribution is 5.45. The summed E-state index contributed by atoms with van der Waals surface area (Å²) in [6, 6.07) is 6.52. The van der Waals surface area contributed by atoms with Gasteiger partial charge in [0.25, 0.3) is 0 Å². The van der Waals surface area contributed by atoms with Gasteiger partial charge in [-0.2, -0.15) is 0 Å². The zero-order valence-corrected chi connectivity index (χ0v) is 21.7. The predicted molar refractivity (Wildman–Crippen MR) is 138 cm³/mol. The molecule has 1 saturated carbocycles. The average molecular weight is 467 g/mol. The van der Waals surface area contributed by atoms with Crippen molar-refractivity contribution in [2.24, 2.45) is 17.8 Å². The Bertz CT molecular complexity index is 892. The standard InChI is InChI=1S/C25H35N3O.C3H7NO/c1-4-19-16-26-25(27-17-19)28-11-8-21(9-12-28)24-15-22(24)10-13-29-23-7-6-20(5-2)18(3)14-23;1-4(2)3-5/h6-7,14,16-17,21-22,24H,4-5,8-13,15H2,1-3H3;3H,1-2H3/t22-,24?;/m1./s1. The number of ether oxygens (including phenoxy) is 1. The van der Waals surface area contributed by atoms with Gasteiger partial charge in [0.1, 0.15) is 5.75 Å². The van der Waals surface area contributed by atoms with Crippen molar-refractivity contribution in [3.8, 4) is 5.75 Å². The molecular formula is C28H42N4O2. The van der Waals surface area contributed by atoms with E-state index < -0.39 is 0 Å². The molecule has 6 nitrogen and oxygen atoms in total. The number of piperidine rings is 1. The summed E-state index contributed by atoms with van der Waals surface area (Å²) >= 11 is 0. The highest BCUT2D eigenvalue weighted by Crippen LogP contribution is 2.49. The van der Waals surface area contributed by atoms with E-state index in [0.717, 1.165) is 68.4 Å². The molecule has 186 valence electrons. The minimum atomic E-state index is 0.750. The van der Waals surface area contributed by atoms with Gasteiger partial charge in [0.15, 0.2) is 0 Å². The van der Waals surface area contributed by atoms with Crippen molar-refractivity contribution >= 4 is 12.4 Å². The number of rotatable bonds is 9. The van der Waals surface area contributed by atoms with Crippen LogP contribution in [0.4, 0.5) is 5.95 Å². The second kappa shape index (κ2) is 12.7. The molecule has 0 radical (unpaired) electrons. The lowest BCUT2D eigenvalue weighted by molar-refractivity contribution is -0.115. The van der Waals surface area contributed by atoms with Crippen LogP contribution >= 0.6 is 0 Å². The quantitative estimate of drug-likeness (QED) is 0.490. The Kier molecular flexibility index (Phi) is 9.73. The van der Waals surface area contributed by atoms with Crippen LogP contribution in [0.3, 0.4) is 0 Å². The minimum absolute atomic E-state index is 0.750. The molecule has 1 aliphatic heterocycles. The van der Waals surface area contributed by atoms with E-state index in [9.17, 15) is 4.79 Å². The van der Waals surface area contributed by atoms with Gasteiger partial charge in [-0.25, -0.2) is 9.97 Å². The van der Waals surface area contributed by atoms with Crippen LogP contribution in [0.2, 0.25) is 0 Å². The maximum atomic E-state index is 9.43. The molecule has 1 aromatic heterocycles. The van der Waals surface area contributed by atoms with Crippen molar-refractivity contribution < 1.29 is 9.53 Å². The van der Waals surface area contributed by atoms with Crippen LogP contribution in [0.1, 0.15) is 56.2 Å². The summed E-state index contributed by atoms with van der Waals surface area (Å²) in [7, 11) is 3.38. The zero-order valence-electron chi connectivity index (χ0n) is 21.7. The Morgan fingerprint density at radius 1 is 1.12 bits per heavy atom. The van der Waals surface area contributed by atoms with Crippen molar-refractivity contribution in [2.75, 3.05) is 38.7 Å². The first-order valence-corrected chi connectivity index (χ1v) is 12.8. The fourth-order valence-electron chi connectivity index (χ4n) is 4.88. The zero-order chi connectivity index (χ0) is 24.5. The largest absolute Gasteiger partial charge is 0.494 e. The second-order valence-corrected chi connectivity index (χ2v) is 9.88. The molecule has 0 bridgehead atoms. The van der Waals surface area contributed by atoms with Crippen molar-refractivity contribution in [3.05, 3.63) is 47.3 Å². The van der Waals surface area contributed by atoms with E-state index in [0.29, 0.717) is 0 Å². The number of benzene rings is 1. The van der Waals surface area contributed by atoms with E-state index >= 15 is 0 Å². The lowest BCUT2D eigenvalue weighted by Gasteiger charge is -2.32. The average Bonchev–Trinajstić information content (AvgIpc) is 3.64. The topological polar surface area (TPSA) is 58.6 Å². The Morgan fingerprint density at radius 3 is 2.35 bits per heavy atom. The van der Waals surface area contributed by atoms with Gasteiger partial charge in [0.2, 0.25) is 12.4 Å². The molecule has 6 heteroatoms. The van der Waals surface area contributed by atoms with E-state index in [1.54, 1.807) is 14.1 Å². The first kappa shape index (κ1) is 26.0. The molecular weight excluding hydrogens is 424 g/mol. The third-order valence-electron chi connectivity index (χ3n) is 7.17. The summed E-state index contributed by atoms with van der Waals surface area (Å²) in [5.41, 5.74) is 3.97. The fourth-order valence-corrected chi connectivity index (χ4v) is 4.88. The summed E-state index contributed by atoms with van der Waals surface area (Å²) in [4.78, 5) is 22.4. The molecule has 2 heterocycles. The molecule has 2 aromatic rings. The maximum absolute atomic E-state index is 9.43. The number of anilines is 1. The highest BCUT2D eigenvalue weighted by atomic mass is 16.5. The third-order valence-corrected chi connectivity index (χ3v) is 7.17. The van der Waals surface area contributed by atoms with E-state index in [4.69, 9.17) is 4.74 Å². The Balaban J connectivity index is 0.000000588. The highest BCUT2D eigenvalue weighted by Gasteiger charge is 2.43. The fraction of sp³-hybridized carbons (Fsp3) is 0.607. The third kappa shape index (κ3) is 7.44. The van der Waals surface area contributed by atoms with Crippen molar-refractivity contribution in [1.82, 2.24) is 14.9 Å². The molecule has 2 atom stereocenters. The minimum Gasteiger partial charge on any atom is -0.494 e. The van der Waals surface area contributed by atoms with E-state index in [1.165, 1.54) is 47.3 Å². The van der Waals surface area contributed by atoms with Gasteiger partial charge in [-0.05, 0) is 92.0 Å². The summed E-state index contributed by atoms with van der Waals surface area (Å²) in [5, 5.41) is 0. The first-order chi connectivity index (χ1) is 16.4. The molecule has 0 spiro atoms. The number of aryl methyl sites for hydroxylation is 3. The number of carbonyl (C=O) groups is 1. The number of hydrogen-bond acceptors (Lipinski definition) is 5. The Labute approximate surface area is 205 Å². The van der Waals surface area contributed by atoms with E-state index in [1.807, 2.05) is 12.4 Å². The van der Waals surface area contributed by atoms with Gasteiger partial charge in [-0.3, -0.25) is 4.79 Å². The van der Waals surface area contributed by atoms with Crippen LogP contribution in [0, 0.1) is 24.7 Å². The molecule has 1 aromatic carbocycles. The van der Waals surface area contributed by atoms with Crippen LogP contribution in [-0.2, 0) is 17.6 Å². The van der Waals surface area contributed by atoms with Gasteiger partial charge in [-0.15, -0.1) is 0 Å². The molecule has 1 unspecified atom stereocenters. The van der Waals surface area contributed by atoms with Gasteiger partial charge in [0.05, 0.1) is 6.61 Å². The number of aromatic nitrogens is 2. The molecule has 4 rings (SSSR count). The normalized spacial score (nSPS) is 19.7. The summed E-state index contributed by atoms with van der Waals surface area (Å²) in [5.74, 6) is 4.58. The number of nitrogens with zero attached hydrogens (tertiary/aromatic N) is 4. The van der Waals surface area contributed by atoms with Gasteiger partial charge < -0.3 is 14.5 Å². The Hall–Kier alpha value is -2.63. The molecule has 1 aliphatic carbocycles. The molecule has 1 saturated heterocycles. The number of carbonyl (C=O) groups excluding carboxylic acids is 1. The van der Waals surface area contributed by atoms with E-state index in [-0.39, 0.29) is 0 Å². The van der Waals surface area contributed by atoms with Crippen molar-refractivity contribution in [3.63, 3.8) is 0 Å². The molecule has 34 heavy (non-hydrogen) atoms. The summed E-state index contributed by atoms with van der Waals surface area (Å²) < 4.78 is 6.04. The Morgan fingerprint density at radius 2 is 1.79 bits per heavy atom. The maximum Gasteiger partial charge on any atom is 0.225 e. The molecule has 0 N–H and O–H groups in total. The van der Waals surface area contributed by atoms with E-state index in [2.05, 4.69) is 53.8 Å². The molecule has 2 fully saturated rings. The number of amides is 1. The summed E-state index contributed by atoms with van der Waals surface area (Å²) in [6.45, 7) is 9.57. The van der Waals surface area contributed by atoms with Crippen molar-refractivity contribution in [2.45, 2.75) is 59.3 Å². The van der Waals surface area contributed by atoms with Crippen LogP contribution in [0.5, 0.6) is 5.75 Å². The second-order valence-electron chi connectivity index (χ2n) is 9.88. The predicted octanol–water partition coefficient (Wildman–Crippen LogP) is 4.94.